The molecular formula is C15H25BrN2. The number of hydrogen-bond acceptors (Lipinski definition) is 2. The molecule has 0 saturated heterocycles. The Morgan fingerprint density at radius 2 is 1.94 bits per heavy atom. The van der Waals surface area contributed by atoms with Crippen molar-refractivity contribution in [1.82, 2.24) is 9.88 Å². The monoisotopic (exact) mass is 312 g/mol. The molecule has 0 aliphatic carbocycles. The van der Waals surface area contributed by atoms with E-state index in [1.165, 1.54) is 12.8 Å². The molecule has 18 heavy (non-hydrogen) atoms. The summed E-state index contributed by atoms with van der Waals surface area (Å²) in [6, 6.07) is 6.14. The molecule has 0 atom stereocenters. The SMILES string of the molecule is CCN(Cc1ccccn1)CC(CC)(CC)CBr. The lowest BCUT2D eigenvalue weighted by Crippen LogP contribution is -2.38. The van der Waals surface area contributed by atoms with Gasteiger partial charge < -0.3 is 0 Å². The summed E-state index contributed by atoms with van der Waals surface area (Å²) in [5, 5.41) is 1.08. The lowest BCUT2D eigenvalue weighted by molar-refractivity contribution is 0.157. The molecule has 0 radical (unpaired) electrons. The zero-order chi connectivity index (χ0) is 13.4. The predicted molar refractivity (Wildman–Crippen MR) is 82.0 cm³/mol. The topological polar surface area (TPSA) is 16.1 Å². The first kappa shape index (κ1) is 15.6. The Morgan fingerprint density at radius 3 is 2.39 bits per heavy atom. The van der Waals surface area contributed by atoms with E-state index in [2.05, 4.69) is 58.7 Å². The van der Waals surface area contributed by atoms with Crippen LogP contribution in [0.25, 0.3) is 0 Å². The Bertz CT molecular complexity index is 314. The maximum absolute atomic E-state index is 4.42. The second kappa shape index (κ2) is 7.90. The van der Waals surface area contributed by atoms with Gasteiger partial charge in [-0.1, -0.05) is 42.8 Å². The lowest BCUT2D eigenvalue weighted by Gasteiger charge is -2.35. The van der Waals surface area contributed by atoms with Crippen molar-refractivity contribution in [3.8, 4) is 0 Å². The number of rotatable bonds is 8. The number of aromatic nitrogens is 1. The van der Waals surface area contributed by atoms with E-state index in [0.717, 1.165) is 30.7 Å². The van der Waals surface area contributed by atoms with Crippen molar-refractivity contribution >= 4 is 15.9 Å². The minimum Gasteiger partial charge on any atom is -0.297 e. The molecule has 1 heterocycles. The van der Waals surface area contributed by atoms with Crippen molar-refractivity contribution in [2.75, 3.05) is 18.4 Å². The molecule has 0 N–H and O–H groups in total. The third-order valence-corrected chi connectivity index (χ3v) is 5.09. The van der Waals surface area contributed by atoms with Gasteiger partial charge in [0.25, 0.3) is 0 Å². The summed E-state index contributed by atoms with van der Waals surface area (Å²) in [6.45, 7) is 9.97. The molecule has 102 valence electrons. The van der Waals surface area contributed by atoms with Gasteiger partial charge in [0.1, 0.15) is 0 Å². The molecule has 3 heteroatoms. The normalized spacial score (nSPS) is 12.1. The van der Waals surface area contributed by atoms with Crippen LogP contribution in [0.5, 0.6) is 0 Å². The van der Waals surface area contributed by atoms with E-state index in [4.69, 9.17) is 0 Å². The average molecular weight is 313 g/mol. The van der Waals surface area contributed by atoms with Gasteiger partial charge in [0.15, 0.2) is 0 Å². The zero-order valence-corrected chi connectivity index (χ0v) is 13.4. The van der Waals surface area contributed by atoms with E-state index in [9.17, 15) is 0 Å². The highest BCUT2D eigenvalue weighted by Crippen LogP contribution is 2.30. The van der Waals surface area contributed by atoms with Gasteiger partial charge in [-0.15, -0.1) is 0 Å². The van der Waals surface area contributed by atoms with Crippen LogP contribution in [0.3, 0.4) is 0 Å². The van der Waals surface area contributed by atoms with E-state index < -0.39 is 0 Å². The lowest BCUT2D eigenvalue weighted by atomic mass is 9.84. The molecule has 0 saturated carbocycles. The average Bonchev–Trinajstić information content (AvgIpc) is 2.45. The summed E-state index contributed by atoms with van der Waals surface area (Å²) in [7, 11) is 0. The predicted octanol–water partition coefficient (Wildman–Crippen LogP) is 4.10. The van der Waals surface area contributed by atoms with Gasteiger partial charge in [-0.2, -0.15) is 0 Å². The molecule has 0 aliphatic rings. The largest absolute Gasteiger partial charge is 0.297 e. The van der Waals surface area contributed by atoms with Crippen LogP contribution >= 0.6 is 15.9 Å². The molecule has 1 rings (SSSR count). The van der Waals surface area contributed by atoms with Crippen LogP contribution in [0.2, 0.25) is 0 Å². The number of nitrogens with zero attached hydrogens (tertiary/aromatic N) is 2. The first-order valence-corrected chi connectivity index (χ1v) is 8.00. The minimum atomic E-state index is 0.394. The number of alkyl halides is 1. The summed E-state index contributed by atoms with van der Waals surface area (Å²) >= 11 is 3.69. The maximum atomic E-state index is 4.42. The van der Waals surface area contributed by atoms with Crippen LogP contribution in [-0.4, -0.2) is 28.3 Å². The fourth-order valence-electron chi connectivity index (χ4n) is 2.18. The molecule has 0 aliphatic heterocycles. The third kappa shape index (κ3) is 4.36. The Balaban J connectivity index is 2.66. The van der Waals surface area contributed by atoms with E-state index in [1.54, 1.807) is 0 Å². The molecule has 1 aromatic rings. The standard InChI is InChI=1S/C15H25BrN2/c1-4-15(5-2,12-16)13-18(6-3)11-14-9-7-8-10-17-14/h7-10H,4-6,11-13H2,1-3H3. The van der Waals surface area contributed by atoms with Crippen molar-refractivity contribution < 1.29 is 0 Å². The molecule has 0 bridgehead atoms. The maximum Gasteiger partial charge on any atom is 0.0543 e. The summed E-state index contributed by atoms with van der Waals surface area (Å²) in [4.78, 5) is 6.92. The highest BCUT2D eigenvalue weighted by molar-refractivity contribution is 9.09. The van der Waals surface area contributed by atoms with Crippen LogP contribution in [0.1, 0.15) is 39.3 Å². The molecule has 0 aromatic carbocycles. The van der Waals surface area contributed by atoms with E-state index in [0.29, 0.717) is 5.41 Å². The van der Waals surface area contributed by atoms with E-state index in [1.807, 2.05) is 12.3 Å². The van der Waals surface area contributed by atoms with Gasteiger partial charge in [-0.25, -0.2) is 0 Å². The van der Waals surface area contributed by atoms with E-state index in [-0.39, 0.29) is 0 Å². The number of halogens is 1. The number of hydrogen-bond donors (Lipinski definition) is 0. The van der Waals surface area contributed by atoms with Crippen molar-refractivity contribution in [2.45, 2.75) is 40.2 Å². The summed E-state index contributed by atoms with van der Waals surface area (Å²) in [5.74, 6) is 0. The second-order valence-electron chi connectivity index (χ2n) is 4.97. The van der Waals surface area contributed by atoms with Crippen molar-refractivity contribution in [3.63, 3.8) is 0 Å². The van der Waals surface area contributed by atoms with Gasteiger partial charge in [0, 0.05) is 24.6 Å². The molecule has 0 amide bonds. The fourth-order valence-corrected chi connectivity index (χ4v) is 3.15. The Kier molecular flexibility index (Phi) is 6.87. The Morgan fingerprint density at radius 1 is 1.22 bits per heavy atom. The summed E-state index contributed by atoms with van der Waals surface area (Å²) in [5.41, 5.74) is 1.56. The third-order valence-electron chi connectivity index (χ3n) is 3.90. The van der Waals surface area contributed by atoms with Crippen LogP contribution in [0, 0.1) is 5.41 Å². The summed E-state index contributed by atoms with van der Waals surface area (Å²) in [6.07, 6.45) is 4.31. The van der Waals surface area contributed by atoms with Gasteiger partial charge in [0.05, 0.1) is 5.69 Å². The van der Waals surface area contributed by atoms with Crippen LogP contribution in [-0.2, 0) is 6.54 Å². The molecule has 0 fully saturated rings. The Labute approximate surface area is 120 Å². The first-order valence-electron chi connectivity index (χ1n) is 6.88. The van der Waals surface area contributed by atoms with Gasteiger partial charge >= 0.3 is 0 Å². The minimum absolute atomic E-state index is 0.394. The van der Waals surface area contributed by atoms with Crippen molar-refractivity contribution in [3.05, 3.63) is 30.1 Å². The van der Waals surface area contributed by atoms with Crippen LogP contribution in [0.15, 0.2) is 24.4 Å². The zero-order valence-electron chi connectivity index (χ0n) is 11.8. The summed E-state index contributed by atoms with van der Waals surface area (Å²) < 4.78 is 0. The highest BCUT2D eigenvalue weighted by Gasteiger charge is 2.27. The molecule has 0 spiro atoms. The van der Waals surface area contributed by atoms with Gasteiger partial charge in [-0.3, -0.25) is 9.88 Å². The molecule has 0 unspecified atom stereocenters. The smallest absolute Gasteiger partial charge is 0.0543 e. The van der Waals surface area contributed by atoms with Crippen LogP contribution in [0.4, 0.5) is 0 Å². The Hall–Kier alpha value is -0.410. The second-order valence-corrected chi connectivity index (χ2v) is 5.53. The highest BCUT2D eigenvalue weighted by atomic mass is 79.9. The van der Waals surface area contributed by atoms with E-state index >= 15 is 0 Å². The fraction of sp³-hybridized carbons (Fsp3) is 0.667. The molecule has 2 nitrogen and oxygen atoms in total. The first-order chi connectivity index (χ1) is 8.69. The molecule has 1 aromatic heterocycles. The van der Waals surface area contributed by atoms with Gasteiger partial charge in [0.2, 0.25) is 0 Å². The van der Waals surface area contributed by atoms with Crippen molar-refractivity contribution in [1.29, 1.82) is 0 Å². The van der Waals surface area contributed by atoms with Crippen molar-refractivity contribution in [2.24, 2.45) is 5.41 Å². The van der Waals surface area contributed by atoms with Gasteiger partial charge in [-0.05, 0) is 36.9 Å². The molecular weight excluding hydrogens is 288 g/mol. The number of pyridine rings is 1. The quantitative estimate of drug-likeness (QED) is 0.672. The van der Waals surface area contributed by atoms with Crippen LogP contribution < -0.4 is 0 Å².